The van der Waals surface area contributed by atoms with Gasteiger partial charge in [-0.1, -0.05) is 12.1 Å². The summed E-state index contributed by atoms with van der Waals surface area (Å²) < 4.78 is 16.4. The smallest absolute Gasteiger partial charge is 0.341 e. The highest BCUT2D eigenvalue weighted by Gasteiger charge is 2.14. The molecule has 8 heteroatoms. The first-order chi connectivity index (χ1) is 15.6. The number of ether oxygens (including phenoxy) is 3. The monoisotopic (exact) mass is 433 g/mol. The molecule has 0 saturated carbocycles. The van der Waals surface area contributed by atoms with Gasteiger partial charge in [0.2, 0.25) is 0 Å². The number of carbonyl (C=O) groups excluding carboxylic acids is 2. The van der Waals surface area contributed by atoms with E-state index in [2.05, 4.69) is 15.5 Å². The molecular weight excluding hydrogens is 410 g/mol. The van der Waals surface area contributed by atoms with Crippen molar-refractivity contribution in [2.45, 2.75) is 13.5 Å². The van der Waals surface area contributed by atoms with E-state index in [1.807, 2.05) is 6.07 Å². The molecular formula is C24H23N3O5. The molecule has 164 valence electrons. The summed E-state index contributed by atoms with van der Waals surface area (Å²) in [6, 6.07) is 15.5. The number of methoxy groups -OCH3 is 1. The summed E-state index contributed by atoms with van der Waals surface area (Å²) in [5.74, 6) is 0.255. The number of amides is 1. The van der Waals surface area contributed by atoms with Gasteiger partial charge in [0, 0.05) is 23.5 Å². The minimum Gasteiger partial charge on any atom is -0.496 e. The molecule has 0 saturated heterocycles. The lowest BCUT2D eigenvalue weighted by Crippen LogP contribution is -2.17. The number of nitrogens with one attached hydrogen (secondary N) is 1. The van der Waals surface area contributed by atoms with Crippen molar-refractivity contribution < 1.29 is 23.8 Å². The third-order valence-electron chi connectivity index (χ3n) is 4.39. The lowest BCUT2D eigenvalue weighted by molar-refractivity contribution is 0.0521. The van der Waals surface area contributed by atoms with Gasteiger partial charge in [-0.2, -0.15) is 5.10 Å². The van der Waals surface area contributed by atoms with E-state index in [-0.39, 0.29) is 19.1 Å². The molecule has 2 aromatic carbocycles. The van der Waals surface area contributed by atoms with Crippen molar-refractivity contribution in [3.8, 4) is 11.5 Å². The summed E-state index contributed by atoms with van der Waals surface area (Å²) in [6.07, 6.45) is 4.59. The standard InChI is InChI=1S/C24H23N3O5/c1-3-31-24(29)20-6-4-5-7-22(20)32-16-19-14-17(8-9-21(19)30-2)15-26-27-23(28)18-10-12-25-13-11-18/h4-15H,3,16H2,1-2H3,(H,27,28). The lowest BCUT2D eigenvalue weighted by atomic mass is 10.1. The van der Waals surface area contributed by atoms with E-state index in [1.165, 1.54) is 18.6 Å². The van der Waals surface area contributed by atoms with Crippen LogP contribution in [0.4, 0.5) is 0 Å². The first-order valence-electron chi connectivity index (χ1n) is 9.91. The zero-order valence-electron chi connectivity index (χ0n) is 17.8. The van der Waals surface area contributed by atoms with E-state index in [0.717, 1.165) is 11.1 Å². The number of nitrogens with zero attached hydrogens (tertiary/aromatic N) is 2. The maximum Gasteiger partial charge on any atom is 0.341 e. The lowest BCUT2D eigenvalue weighted by Gasteiger charge is -2.13. The topological polar surface area (TPSA) is 99.1 Å². The number of rotatable bonds is 9. The van der Waals surface area contributed by atoms with Gasteiger partial charge < -0.3 is 14.2 Å². The second kappa shape index (κ2) is 11.3. The van der Waals surface area contributed by atoms with Gasteiger partial charge in [-0.15, -0.1) is 0 Å². The van der Waals surface area contributed by atoms with Crippen LogP contribution >= 0.6 is 0 Å². The normalized spacial score (nSPS) is 10.6. The molecule has 0 spiro atoms. The highest BCUT2D eigenvalue weighted by Crippen LogP contribution is 2.24. The number of benzene rings is 2. The molecule has 1 heterocycles. The predicted octanol–water partition coefficient (Wildman–Crippen LogP) is 3.61. The summed E-state index contributed by atoms with van der Waals surface area (Å²) >= 11 is 0. The van der Waals surface area contributed by atoms with Crippen molar-refractivity contribution >= 4 is 18.1 Å². The molecule has 0 aliphatic rings. The summed E-state index contributed by atoms with van der Waals surface area (Å²) in [6.45, 7) is 2.18. The van der Waals surface area contributed by atoms with Crippen LogP contribution in [0, 0.1) is 0 Å². The Hall–Kier alpha value is -4.20. The summed E-state index contributed by atoms with van der Waals surface area (Å²) in [7, 11) is 1.56. The number of hydrogen-bond donors (Lipinski definition) is 1. The first kappa shape index (κ1) is 22.5. The van der Waals surface area contributed by atoms with Crippen LogP contribution in [0.3, 0.4) is 0 Å². The molecule has 0 aliphatic heterocycles. The van der Waals surface area contributed by atoms with Crippen LogP contribution in [0.25, 0.3) is 0 Å². The van der Waals surface area contributed by atoms with Crippen LogP contribution < -0.4 is 14.9 Å². The Morgan fingerprint density at radius 2 is 1.84 bits per heavy atom. The van der Waals surface area contributed by atoms with Crippen molar-refractivity contribution in [2.24, 2.45) is 5.10 Å². The SMILES string of the molecule is CCOC(=O)c1ccccc1OCc1cc(C=NNC(=O)c2ccncc2)ccc1OC. The second-order valence-corrected chi connectivity index (χ2v) is 6.51. The van der Waals surface area contributed by atoms with Crippen molar-refractivity contribution in [2.75, 3.05) is 13.7 Å². The maximum atomic E-state index is 12.1. The number of esters is 1. The number of para-hydroxylation sites is 1. The van der Waals surface area contributed by atoms with Gasteiger partial charge >= 0.3 is 5.97 Å². The second-order valence-electron chi connectivity index (χ2n) is 6.51. The molecule has 8 nitrogen and oxygen atoms in total. The molecule has 0 radical (unpaired) electrons. The number of pyridine rings is 1. The number of hydrazone groups is 1. The van der Waals surface area contributed by atoms with Crippen molar-refractivity contribution in [3.63, 3.8) is 0 Å². The van der Waals surface area contributed by atoms with Crippen molar-refractivity contribution in [1.29, 1.82) is 0 Å². The zero-order chi connectivity index (χ0) is 22.8. The summed E-state index contributed by atoms with van der Waals surface area (Å²) in [4.78, 5) is 28.1. The average Bonchev–Trinajstić information content (AvgIpc) is 2.83. The molecule has 3 aromatic rings. The van der Waals surface area contributed by atoms with E-state index >= 15 is 0 Å². The van der Waals surface area contributed by atoms with Gasteiger partial charge in [-0.05, 0) is 55.0 Å². The van der Waals surface area contributed by atoms with E-state index in [4.69, 9.17) is 14.2 Å². The quantitative estimate of drug-likeness (QED) is 0.314. The molecule has 3 rings (SSSR count). The Morgan fingerprint density at radius 1 is 1.06 bits per heavy atom. The minimum absolute atomic E-state index is 0.157. The molecule has 0 atom stereocenters. The highest BCUT2D eigenvalue weighted by molar-refractivity contribution is 5.94. The fourth-order valence-corrected chi connectivity index (χ4v) is 2.85. The highest BCUT2D eigenvalue weighted by atomic mass is 16.5. The zero-order valence-corrected chi connectivity index (χ0v) is 17.8. The molecule has 1 N–H and O–H groups in total. The number of hydrogen-bond acceptors (Lipinski definition) is 7. The summed E-state index contributed by atoms with van der Waals surface area (Å²) in [5, 5.41) is 4.00. The Kier molecular flexibility index (Phi) is 7.91. The molecule has 0 fully saturated rings. The third-order valence-corrected chi connectivity index (χ3v) is 4.39. The molecule has 0 bridgehead atoms. The van der Waals surface area contributed by atoms with Crippen LogP contribution in [0.2, 0.25) is 0 Å². The van der Waals surface area contributed by atoms with Gasteiger partial charge in [-0.25, -0.2) is 10.2 Å². The Bertz CT molecular complexity index is 1100. The van der Waals surface area contributed by atoms with Gasteiger partial charge in [0.05, 0.1) is 19.9 Å². The van der Waals surface area contributed by atoms with Crippen molar-refractivity contribution in [1.82, 2.24) is 10.4 Å². The molecule has 0 unspecified atom stereocenters. The van der Waals surface area contributed by atoms with Crippen LogP contribution in [0.1, 0.15) is 38.8 Å². The third kappa shape index (κ3) is 5.91. The Labute approximate surface area is 185 Å². The Morgan fingerprint density at radius 3 is 2.59 bits per heavy atom. The molecule has 1 aromatic heterocycles. The van der Waals surface area contributed by atoms with Gasteiger partial charge in [-0.3, -0.25) is 9.78 Å². The predicted molar refractivity (Wildman–Crippen MR) is 119 cm³/mol. The van der Waals surface area contributed by atoms with E-state index in [0.29, 0.717) is 22.6 Å². The summed E-state index contributed by atoms with van der Waals surface area (Å²) in [5.41, 5.74) is 4.77. The fourth-order valence-electron chi connectivity index (χ4n) is 2.85. The Balaban J connectivity index is 1.71. The molecule has 0 aliphatic carbocycles. The van der Waals surface area contributed by atoms with E-state index in [9.17, 15) is 9.59 Å². The molecule has 32 heavy (non-hydrogen) atoms. The van der Waals surface area contributed by atoms with Gasteiger partial charge in [0.15, 0.2) is 0 Å². The minimum atomic E-state index is -0.444. The fraction of sp³-hybridized carbons (Fsp3) is 0.167. The average molecular weight is 433 g/mol. The largest absolute Gasteiger partial charge is 0.496 e. The van der Waals surface area contributed by atoms with E-state index in [1.54, 1.807) is 62.6 Å². The van der Waals surface area contributed by atoms with Crippen LogP contribution in [-0.2, 0) is 11.3 Å². The number of carbonyl (C=O) groups is 2. The molecule has 1 amide bonds. The first-order valence-corrected chi connectivity index (χ1v) is 9.91. The van der Waals surface area contributed by atoms with Gasteiger partial charge in [0.25, 0.3) is 5.91 Å². The number of aromatic nitrogens is 1. The van der Waals surface area contributed by atoms with E-state index < -0.39 is 5.97 Å². The maximum absolute atomic E-state index is 12.1. The van der Waals surface area contributed by atoms with Crippen LogP contribution in [0.15, 0.2) is 72.1 Å². The van der Waals surface area contributed by atoms with Crippen molar-refractivity contribution in [3.05, 3.63) is 89.2 Å². The van der Waals surface area contributed by atoms with Crippen LogP contribution in [0.5, 0.6) is 11.5 Å². The van der Waals surface area contributed by atoms with Gasteiger partial charge in [0.1, 0.15) is 23.7 Å². The van der Waals surface area contributed by atoms with Crippen LogP contribution in [-0.4, -0.2) is 36.8 Å².